The fourth-order valence-corrected chi connectivity index (χ4v) is 10.7. The van der Waals surface area contributed by atoms with Gasteiger partial charge in [0, 0.05) is 32.4 Å². The molecule has 0 aliphatic carbocycles. The first-order chi connectivity index (χ1) is 48.5. The van der Waals surface area contributed by atoms with Crippen LogP contribution in [0.25, 0.3) is 0 Å². The number of hydrogen-bond acceptors (Lipinski definition) is 19. The largest absolute Gasteiger partial charge is 0.481 e. The Bertz CT molecular complexity index is 3280. The van der Waals surface area contributed by atoms with E-state index in [0.29, 0.717) is 24.0 Å². The quantitative estimate of drug-likeness (QED) is 0.0168. The van der Waals surface area contributed by atoms with E-state index in [0.717, 1.165) is 0 Å². The van der Waals surface area contributed by atoms with Gasteiger partial charge in [-0.1, -0.05) is 122 Å². The summed E-state index contributed by atoms with van der Waals surface area (Å²) in [5.41, 5.74) is 17.5. The minimum Gasteiger partial charge on any atom is -0.481 e. The third kappa shape index (κ3) is 29.3. The molecule has 12 amide bonds. The number of hydrogen-bond donors (Lipinski definition) is 19. The average Bonchev–Trinajstić information content (AvgIpc) is 1.82. The van der Waals surface area contributed by atoms with Gasteiger partial charge >= 0.3 is 17.9 Å². The highest BCUT2D eigenvalue weighted by molar-refractivity contribution is 6.00. The van der Waals surface area contributed by atoms with Crippen molar-refractivity contribution in [2.75, 3.05) is 32.8 Å². The number of carboxylic acids is 3. The number of nitrogens with zero attached hydrogens (tertiary/aromatic N) is 2. The Morgan fingerprint density at radius 2 is 0.922 bits per heavy atom. The Morgan fingerprint density at radius 3 is 1.40 bits per heavy atom. The van der Waals surface area contributed by atoms with Gasteiger partial charge in [-0.25, -0.2) is 4.79 Å². The molecule has 0 aromatic heterocycles. The number of carbonyl (C=O) groups excluding carboxylic acids is 12. The van der Waals surface area contributed by atoms with E-state index >= 15 is 0 Å². The van der Waals surface area contributed by atoms with E-state index in [1.807, 2.05) is 0 Å². The van der Waals surface area contributed by atoms with Gasteiger partial charge < -0.3 is 106 Å². The van der Waals surface area contributed by atoms with Gasteiger partial charge in [-0.05, 0) is 66.9 Å². The highest BCUT2D eigenvalue weighted by Crippen LogP contribution is 2.20. The van der Waals surface area contributed by atoms with Gasteiger partial charge in [0.2, 0.25) is 70.9 Å². The number of benzene rings is 2. The van der Waals surface area contributed by atoms with Crippen LogP contribution in [-0.2, 0) is 84.8 Å². The Morgan fingerprint density at radius 1 is 0.505 bits per heavy atom. The smallest absolute Gasteiger partial charge is 0.326 e. The monoisotopic (exact) mass is 1450 g/mol. The second kappa shape index (κ2) is 43.4. The summed E-state index contributed by atoms with van der Waals surface area (Å²) in [4.78, 5) is 206. The lowest BCUT2D eigenvalue weighted by Crippen LogP contribution is -2.62. The van der Waals surface area contributed by atoms with E-state index in [9.17, 15) is 92.3 Å². The van der Waals surface area contributed by atoms with Crippen LogP contribution in [0.4, 0.5) is 0 Å². The van der Waals surface area contributed by atoms with E-state index < -0.39 is 224 Å². The predicted molar refractivity (Wildman–Crippen MR) is 370 cm³/mol. The second-order valence-corrected chi connectivity index (χ2v) is 26.1. The standard InChI is InChI=1S/C67H102N16O20/c1-9-37(8)54(82-55(91)40(68)30-50(89)90)65(101)76-44(29-39-20-14-11-15-21-39)58(94)77-45(32-84)59(95)73-41(24-25-49(87)88)56(92)79-51(34(2)3)62(98)72-31-48(86)83-27-17-23-47(83)61(97)80-53(36(6)7)64(100)81-52(35(4)5)63(99)78-46(33-85)60(96)75-43(28-38-18-12-10-13-19-38)57(93)74-42(66(102)103)22-16-26-71-67(69)70/h10-15,18-21,34-37,40-47,51-54,84-85H,9,16-17,22-33,68H2,1-8H3,(H,72,98)(H,73,95)(H,74,93)(H,75,96)(H,76,101)(H,77,94)(H,78,99)(H,79,92)(H,80,97)(H,81,100)(H,82,91)(H,87,88)(H,89,90)(H,102,103)(H4,69,70,71)/t37-,40-,41-,42-,43-,44-,45-,46-,47-,51-,52-,53-,54-/m0/s1. The highest BCUT2D eigenvalue weighted by Gasteiger charge is 2.41. The summed E-state index contributed by atoms with van der Waals surface area (Å²) in [5, 5.41) is 76.6. The summed E-state index contributed by atoms with van der Waals surface area (Å²) in [6, 6.07) is -1.27. The number of aliphatic hydroxyl groups is 2. The molecular weight excluding hydrogens is 1350 g/mol. The van der Waals surface area contributed by atoms with Crippen LogP contribution in [0.3, 0.4) is 0 Å². The lowest BCUT2D eigenvalue weighted by Gasteiger charge is -2.30. The predicted octanol–water partition coefficient (Wildman–Crippen LogP) is -4.77. The molecular formula is C67H102N16O20. The topological polar surface area (TPSA) is 583 Å². The molecule has 3 rings (SSSR count). The number of nitrogens with two attached hydrogens (primary N) is 3. The third-order valence-electron chi connectivity index (χ3n) is 16.9. The van der Waals surface area contributed by atoms with E-state index in [1.54, 1.807) is 102 Å². The lowest BCUT2D eigenvalue weighted by molar-refractivity contribution is -0.142. The molecule has 2 aromatic carbocycles. The maximum Gasteiger partial charge on any atom is 0.326 e. The van der Waals surface area contributed by atoms with E-state index in [-0.39, 0.29) is 51.2 Å². The summed E-state index contributed by atoms with van der Waals surface area (Å²) in [6.07, 6.45) is -1.57. The first-order valence-electron chi connectivity index (χ1n) is 33.9. The molecule has 0 radical (unpaired) electrons. The zero-order chi connectivity index (χ0) is 77.4. The van der Waals surface area contributed by atoms with Crippen LogP contribution in [0.2, 0.25) is 0 Å². The molecule has 0 spiro atoms. The molecule has 1 saturated heterocycles. The first kappa shape index (κ1) is 86.9. The minimum absolute atomic E-state index is 0.0290. The Hall–Kier alpha value is -10.4. The minimum atomic E-state index is -1.85. The van der Waals surface area contributed by atoms with Crippen molar-refractivity contribution in [1.29, 1.82) is 0 Å². The SMILES string of the molecule is CC[C@H](C)[C@H](NC(=O)[C@@H](N)CC(=O)O)C(=O)N[C@@H](Cc1ccccc1)C(=O)N[C@@H](CO)C(=O)N[C@@H](CCC(=O)O)C(=O)N[C@H](C(=O)NCC(=O)N1CCC[C@H]1C(=O)N[C@H](C(=O)N[C@H](C(=O)N[C@@H](CO)C(=O)N[C@@H](Cc1ccccc1)C(=O)N[C@@H](CCCN=C(N)N)C(=O)O)C(C)C)C(C)C)C(C)C. The van der Waals surface area contributed by atoms with Gasteiger partial charge in [-0.3, -0.25) is 72.1 Å². The van der Waals surface area contributed by atoms with Crippen LogP contribution < -0.4 is 75.7 Å². The maximum atomic E-state index is 14.1. The molecule has 0 unspecified atom stereocenters. The fourth-order valence-electron chi connectivity index (χ4n) is 10.7. The number of aliphatic imine (C=N–C) groups is 1. The van der Waals surface area contributed by atoms with E-state index in [1.165, 1.54) is 18.7 Å². The van der Waals surface area contributed by atoms with Crippen molar-refractivity contribution < 1.29 is 97.5 Å². The number of rotatable bonds is 44. The molecule has 1 heterocycles. The van der Waals surface area contributed by atoms with Crippen LogP contribution in [-0.4, -0.2) is 231 Å². The maximum absolute atomic E-state index is 14.1. The number of amides is 12. The Kier molecular flexibility index (Phi) is 36.6. The summed E-state index contributed by atoms with van der Waals surface area (Å²) in [5.74, 6) is -18.4. The number of aliphatic carboxylic acids is 3. The van der Waals surface area contributed by atoms with Gasteiger partial charge in [0.25, 0.3) is 0 Å². The highest BCUT2D eigenvalue weighted by atomic mass is 16.4. The van der Waals surface area contributed by atoms with Crippen LogP contribution in [0.1, 0.15) is 118 Å². The van der Waals surface area contributed by atoms with Crippen molar-refractivity contribution in [3.8, 4) is 0 Å². The van der Waals surface area contributed by atoms with Crippen molar-refractivity contribution in [3.63, 3.8) is 0 Å². The normalized spacial score (nSPS) is 16.1. The number of guanidine groups is 1. The lowest BCUT2D eigenvalue weighted by atomic mass is 9.96. The molecule has 0 bridgehead atoms. The Balaban J connectivity index is 1.74. The Labute approximate surface area is 596 Å². The van der Waals surface area contributed by atoms with Crippen molar-refractivity contribution in [3.05, 3.63) is 71.8 Å². The van der Waals surface area contributed by atoms with Crippen LogP contribution >= 0.6 is 0 Å². The van der Waals surface area contributed by atoms with Crippen LogP contribution in [0.5, 0.6) is 0 Å². The molecule has 13 atom stereocenters. The number of carboxylic acid groups (broad SMARTS) is 3. The average molecular weight is 1450 g/mol. The van der Waals surface area contributed by atoms with Crippen LogP contribution in [0, 0.1) is 23.7 Å². The van der Waals surface area contributed by atoms with Gasteiger partial charge in [0.05, 0.1) is 32.2 Å². The van der Waals surface area contributed by atoms with Crippen molar-refractivity contribution >= 4 is 94.8 Å². The van der Waals surface area contributed by atoms with Gasteiger partial charge in [-0.15, -0.1) is 0 Å². The fraction of sp³-hybridized carbons (Fsp3) is 0.582. The number of likely N-dealkylation sites (tertiary alicyclic amines) is 1. The molecule has 2 aromatic rings. The van der Waals surface area contributed by atoms with Crippen molar-refractivity contribution in [2.45, 2.75) is 192 Å². The first-order valence-corrected chi connectivity index (χ1v) is 33.9. The molecule has 36 nitrogen and oxygen atoms in total. The molecule has 0 saturated carbocycles. The van der Waals surface area contributed by atoms with Gasteiger partial charge in [0.1, 0.15) is 66.5 Å². The second-order valence-electron chi connectivity index (χ2n) is 26.1. The van der Waals surface area contributed by atoms with Crippen LogP contribution in [0.15, 0.2) is 65.7 Å². The molecule has 22 N–H and O–H groups in total. The zero-order valence-corrected chi connectivity index (χ0v) is 59.1. The molecule has 36 heteroatoms. The number of aliphatic hydroxyl groups excluding tert-OH is 2. The van der Waals surface area contributed by atoms with Crippen molar-refractivity contribution in [2.24, 2.45) is 45.9 Å². The van der Waals surface area contributed by atoms with E-state index in [2.05, 4.69) is 63.5 Å². The molecule has 1 aliphatic heterocycles. The summed E-state index contributed by atoms with van der Waals surface area (Å²) in [6.45, 7) is 9.97. The molecule has 1 fully saturated rings. The van der Waals surface area contributed by atoms with Crippen molar-refractivity contribution in [1.82, 2.24) is 63.4 Å². The van der Waals surface area contributed by atoms with Gasteiger partial charge in [-0.2, -0.15) is 0 Å². The summed E-state index contributed by atoms with van der Waals surface area (Å²) in [7, 11) is 0. The molecule has 570 valence electrons. The van der Waals surface area contributed by atoms with E-state index in [4.69, 9.17) is 22.3 Å². The molecule has 1 aliphatic rings. The summed E-state index contributed by atoms with van der Waals surface area (Å²) < 4.78 is 0. The summed E-state index contributed by atoms with van der Waals surface area (Å²) >= 11 is 0. The third-order valence-corrected chi connectivity index (χ3v) is 16.9. The zero-order valence-electron chi connectivity index (χ0n) is 59.1. The number of nitrogens with one attached hydrogen (secondary N) is 11. The number of carbonyl (C=O) groups is 15. The van der Waals surface area contributed by atoms with Gasteiger partial charge in [0.15, 0.2) is 5.96 Å². The molecule has 103 heavy (non-hydrogen) atoms.